The van der Waals surface area contributed by atoms with E-state index in [4.69, 9.17) is 5.73 Å². The Morgan fingerprint density at radius 3 is 2.92 bits per heavy atom. The molecule has 0 radical (unpaired) electrons. The van der Waals surface area contributed by atoms with Gasteiger partial charge in [0.1, 0.15) is 5.82 Å². The predicted molar refractivity (Wildman–Crippen MR) is 53.8 cm³/mol. The van der Waals surface area contributed by atoms with E-state index in [1.807, 2.05) is 13.1 Å². The van der Waals surface area contributed by atoms with Gasteiger partial charge in [-0.15, -0.1) is 0 Å². The van der Waals surface area contributed by atoms with Crippen LogP contribution in [0, 0.1) is 5.82 Å². The van der Waals surface area contributed by atoms with Crippen LogP contribution in [0.5, 0.6) is 0 Å². The topological polar surface area (TPSA) is 38.0 Å². The lowest BCUT2D eigenvalue weighted by molar-refractivity contribution is 0.625. The summed E-state index contributed by atoms with van der Waals surface area (Å²) in [5, 5.41) is 2.93. The van der Waals surface area contributed by atoms with Crippen LogP contribution in [0.2, 0.25) is 0 Å². The van der Waals surface area contributed by atoms with E-state index < -0.39 is 0 Å². The summed E-state index contributed by atoms with van der Waals surface area (Å²) in [6.07, 6.45) is 3.58. The average Bonchev–Trinajstić information content (AvgIpc) is 2.09. The molecular weight excluding hydrogens is 167 g/mol. The van der Waals surface area contributed by atoms with Gasteiger partial charge in [0.05, 0.1) is 0 Å². The molecule has 70 valence electrons. The van der Waals surface area contributed by atoms with Gasteiger partial charge in [0, 0.05) is 17.8 Å². The van der Waals surface area contributed by atoms with E-state index in [-0.39, 0.29) is 5.82 Å². The van der Waals surface area contributed by atoms with Crippen LogP contribution in [0.25, 0.3) is 6.08 Å². The lowest BCUT2D eigenvalue weighted by Gasteiger charge is -1.98. The fourth-order valence-corrected chi connectivity index (χ4v) is 0.982. The number of nitrogens with one attached hydrogen (secondary N) is 1. The van der Waals surface area contributed by atoms with Crippen LogP contribution in [-0.4, -0.2) is 13.6 Å². The highest BCUT2D eigenvalue weighted by atomic mass is 19.1. The van der Waals surface area contributed by atoms with Crippen molar-refractivity contribution in [2.24, 2.45) is 0 Å². The molecule has 0 aromatic heterocycles. The van der Waals surface area contributed by atoms with Crippen LogP contribution < -0.4 is 11.1 Å². The first-order valence-electron chi connectivity index (χ1n) is 4.10. The molecule has 1 aromatic rings. The van der Waals surface area contributed by atoms with Crippen LogP contribution in [-0.2, 0) is 0 Å². The van der Waals surface area contributed by atoms with Gasteiger partial charge in [-0.05, 0) is 19.2 Å². The molecule has 0 fully saturated rings. The lowest BCUT2D eigenvalue weighted by atomic mass is 10.2. The summed E-state index contributed by atoms with van der Waals surface area (Å²) in [5.74, 6) is -0.285. The molecule has 0 aliphatic heterocycles. The normalized spacial score (nSPS) is 10.9. The predicted octanol–water partition coefficient (Wildman–Crippen LogP) is 1.64. The van der Waals surface area contributed by atoms with Crippen molar-refractivity contribution >= 4 is 11.8 Å². The first kappa shape index (κ1) is 9.74. The van der Waals surface area contributed by atoms with E-state index in [1.54, 1.807) is 18.2 Å². The summed E-state index contributed by atoms with van der Waals surface area (Å²) in [6, 6.07) is 4.66. The lowest BCUT2D eigenvalue weighted by Crippen LogP contribution is -2.03. The molecule has 0 aliphatic rings. The minimum absolute atomic E-state index is 0.285. The number of halogens is 1. The molecule has 0 saturated carbocycles. The standard InChI is InChI=1S/C10H13FN2/c1-13-6-2-3-8-4-5-9(12)7-10(8)11/h2-5,7,13H,6,12H2,1H3. The monoisotopic (exact) mass is 180 g/mol. The van der Waals surface area contributed by atoms with E-state index in [0.29, 0.717) is 11.3 Å². The second-order valence-corrected chi connectivity index (χ2v) is 2.74. The third kappa shape index (κ3) is 2.87. The number of anilines is 1. The van der Waals surface area contributed by atoms with Crippen molar-refractivity contribution < 1.29 is 4.39 Å². The van der Waals surface area contributed by atoms with Crippen molar-refractivity contribution in [3.8, 4) is 0 Å². The molecule has 1 aromatic carbocycles. The van der Waals surface area contributed by atoms with E-state index in [0.717, 1.165) is 6.54 Å². The molecule has 3 N–H and O–H groups in total. The Morgan fingerprint density at radius 2 is 2.31 bits per heavy atom. The van der Waals surface area contributed by atoms with Crippen molar-refractivity contribution in [3.05, 3.63) is 35.7 Å². The van der Waals surface area contributed by atoms with Crippen molar-refractivity contribution in [1.82, 2.24) is 5.32 Å². The highest BCUT2D eigenvalue weighted by Crippen LogP contribution is 2.12. The van der Waals surface area contributed by atoms with Crippen molar-refractivity contribution in [2.75, 3.05) is 19.3 Å². The smallest absolute Gasteiger partial charge is 0.132 e. The Hall–Kier alpha value is -1.35. The Kier molecular flexibility index (Phi) is 3.46. The van der Waals surface area contributed by atoms with Crippen molar-refractivity contribution in [2.45, 2.75) is 0 Å². The van der Waals surface area contributed by atoms with Crippen LogP contribution >= 0.6 is 0 Å². The third-order valence-electron chi connectivity index (χ3n) is 1.64. The molecule has 0 saturated heterocycles. The Balaban J connectivity index is 2.77. The van der Waals surface area contributed by atoms with Gasteiger partial charge in [-0.2, -0.15) is 0 Å². The summed E-state index contributed by atoms with van der Waals surface area (Å²) in [5.41, 5.74) is 6.41. The number of hydrogen-bond acceptors (Lipinski definition) is 2. The average molecular weight is 180 g/mol. The van der Waals surface area contributed by atoms with Crippen LogP contribution in [0.1, 0.15) is 5.56 Å². The molecule has 0 bridgehead atoms. The van der Waals surface area contributed by atoms with E-state index >= 15 is 0 Å². The van der Waals surface area contributed by atoms with Gasteiger partial charge < -0.3 is 11.1 Å². The number of benzene rings is 1. The zero-order valence-electron chi connectivity index (χ0n) is 7.55. The maximum atomic E-state index is 13.1. The zero-order valence-corrected chi connectivity index (χ0v) is 7.55. The van der Waals surface area contributed by atoms with Gasteiger partial charge in [0.25, 0.3) is 0 Å². The summed E-state index contributed by atoms with van der Waals surface area (Å²) >= 11 is 0. The van der Waals surface area contributed by atoms with Crippen LogP contribution in [0.15, 0.2) is 24.3 Å². The SMILES string of the molecule is CNCC=Cc1ccc(N)cc1F. The molecule has 2 nitrogen and oxygen atoms in total. The summed E-state index contributed by atoms with van der Waals surface area (Å²) in [4.78, 5) is 0. The number of hydrogen-bond donors (Lipinski definition) is 2. The van der Waals surface area contributed by atoms with Gasteiger partial charge in [-0.1, -0.05) is 18.2 Å². The minimum atomic E-state index is -0.285. The number of likely N-dealkylation sites (N-methyl/N-ethyl adjacent to an activating group) is 1. The highest BCUT2D eigenvalue weighted by Gasteiger charge is 1.97. The van der Waals surface area contributed by atoms with Gasteiger partial charge in [-0.3, -0.25) is 0 Å². The molecule has 1 rings (SSSR count). The van der Waals surface area contributed by atoms with Crippen molar-refractivity contribution in [3.63, 3.8) is 0 Å². The molecule has 0 amide bonds. The number of nitrogen functional groups attached to an aromatic ring is 1. The quantitative estimate of drug-likeness (QED) is 0.694. The van der Waals surface area contributed by atoms with Gasteiger partial charge in [0.15, 0.2) is 0 Å². The van der Waals surface area contributed by atoms with Crippen LogP contribution in [0.3, 0.4) is 0 Å². The highest BCUT2D eigenvalue weighted by molar-refractivity contribution is 5.54. The van der Waals surface area contributed by atoms with E-state index in [2.05, 4.69) is 5.32 Å². The maximum absolute atomic E-state index is 13.1. The molecule has 13 heavy (non-hydrogen) atoms. The largest absolute Gasteiger partial charge is 0.399 e. The molecule has 0 heterocycles. The van der Waals surface area contributed by atoms with Gasteiger partial charge in [-0.25, -0.2) is 4.39 Å². The third-order valence-corrected chi connectivity index (χ3v) is 1.64. The molecular formula is C10H13FN2. The second kappa shape index (κ2) is 4.62. The van der Waals surface area contributed by atoms with Gasteiger partial charge >= 0.3 is 0 Å². The van der Waals surface area contributed by atoms with Crippen molar-refractivity contribution in [1.29, 1.82) is 0 Å². The molecule has 0 unspecified atom stereocenters. The Labute approximate surface area is 77.3 Å². The van der Waals surface area contributed by atoms with Gasteiger partial charge in [0.2, 0.25) is 0 Å². The molecule has 3 heteroatoms. The zero-order chi connectivity index (χ0) is 9.68. The number of nitrogens with two attached hydrogens (primary N) is 1. The molecule has 0 atom stereocenters. The number of rotatable bonds is 3. The molecule has 0 spiro atoms. The molecule has 0 aliphatic carbocycles. The maximum Gasteiger partial charge on any atom is 0.132 e. The first-order valence-corrected chi connectivity index (χ1v) is 4.10. The summed E-state index contributed by atoms with van der Waals surface area (Å²) in [6.45, 7) is 0.726. The van der Waals surface area contributed by atoms with E-state index in [9.17, 15) is 4.39 Å². The summed E-state index contributed by atoms with van der Waals surface area (Å²) < 4.78 is 13.1. The Bertz CT molecular complexity index is 308. The summed E-state index contributed by atoms with van der Waals surface area (Å²) in [7, 11) is 1.84. The van der Waals surface area contributed by atoms with E-state index in [1.165, 1.54) is 6.07 Å². The first-order chi connectivity index (χ1) is 6.24. The fraction of sp³-hybridized carbons (Fsp3) is 0.200. The minimum Gasteiger partial charge on any atom is -0.399 e. The van der Waals surface area contributed by atoms with Crippen LogP contribution in [0.4, 0.5) is 10.1 Å². The fourth-order valence-electron chi connectivity index (χ4n) is 0.982. The Morgan fingerprint density at radius 1 is 1.54 bits per heavy atom. The second-order valence-electron chi connectivity index (χ2n) is 2.74.